The van der Waals surface area contributed by atoms with Crippen LogP contribution in [0.25, 0.3) is 0 Å². The summed E-state index contributed by atoms with van der Waals surface area (Å²) in [5.74, 6) is -1.94. The number of ketones is 1. The van der Waals surface area contributed by atoms with Gasteiger partial charge in [0, 0.05) is 12.6 Å². The number of rotatable bonds is 7. The zero-order valence-electron chi connectivity index (χ0n) is 15.2. The van der Waals surface area contributed by atoms with Crippen LogP contribution in [0.15, 0.2) is 42.5 Å². The monoisotopic (exact) mass is 373 g/mol. The lowest BCUT2D eigenvalue weighted by molar-refractivity contribution is -0.114. The first-order valence-corrected chi connectivity index (χ1v) is 8.30. The lowest BCUT2D eigenvalue weighted by atomic mass is 10.1. The van der Waals surface area contributed by atoms with Crippen LogP contribution in [0.3, 0.4) is 0 Å². The van der Waals surface area contributed by atoms with Gasteiger partial charge in [-0.05, 0) is 56.3 Å². The summed E-state index contributed by atoms with van der Waals surface area (Å²) in [6, 6.07) is 9.95. The Bertz CT molecular complexity index is 846. The SMILES string of the molecule is CC(=O)Nc1ccc(C(=O)COC(=O)c2ccc(OC(C)C)cc2)c(F)c1. The second-order valence-electron chi connectivity index (χ2n) is 6.07. The average Bonchev–Trinajstić information content (AvgIpc) is 2.59. The zero-order valence-corrected chi connectivity index (χ0v) is 15.2. The van der Waals surface area contributed by atoms with Crippen LogP contribution in [0.1, 0.15) is 41.5 Å². The molecule has 1 N–H and O–H groups in total. The van der Waals surface area contributed by atoms with Gasteiger partial charge >= 0.3 is 5.97 Å². The minimum atomic E-state index is -0.808. The van der Waals surface area contributed by atoms with E-state index in [0.717, 1.165) is 6.07 Å². The molecule has 0 saturated carbocycles. The highest BCUT2D eigenvalue weighted by Gasteiger charge is 2.16. The van der Waals surface area contributed by atoms with E-state index >= 15 is 0 Å². The number of hydrogen-bond donors (Lipinski definition) is 1. The lowest BCUT2D eigenvalue weighted by Crippen LogP contribution is -2.16. The molecule has 7 heteroatoms. The fourth-order valence-corrected chi connectivity index (χ4v) is 2.26. The van der Waals surface area contributed by atoms with Crippen LogP contribution in [0, 0.1) is 5.82 Å². The predicted molar refractivity (Wildman–Crippen MR) is 97.5 cm³/mol. The Kier molecular flexibility index (Phi) is 6.65. The van der Waals surface area contributed by atoms with E-state index in [9.17, 15) is 18.8 Å². The predicted octanol–water partition coefficient (Wildman–Crippen LogP) is 3.61. The van der Waals surface area contributed by atoms with Crippen LogP contribution in [0.2, 0.25) is 0 Å². The third-order valence-corrected chi connectivity index (χ3v) is 3.39. The topological polar surface area (TPSA) is 81.7 Å². The van der Waals surface area contributed by atoms with Crippen molar-refractivity contribution in [2.24, 2.45) is 0 Å². The minimum absolute atomic E-state index is 0.00681. The maximum absolute atomic E-state index is 14.0. The molecule has 0 atom stereocenters. The fourth-order valence-electron chi connectivity index (χ4n) is 2.26. The maximum atomic E-state index is 14.0. The molecule has 0 heterocycles. The molecule has 1 amide bonds. The van der Waals surface area contributed by atoms with E-state index in [-0.39, 0.29) is 28.8 Å². The quantitative estimate of drug-likeness (QED) is 0.592. The molecule has 0 spiro atoms. The molecule has 2 rings (SSSR count). The summed E-state index contributed by atoms with van der Waals surface area (Å²) in [5.41, 5.74) is 0.259. The normalized spacial score (nSPS) is 10.4. The molecular formula is C20H20FNO5. The molecule has 0 aliphatic rings. The molecule has 2 aromatic carbocycles. The first-order chi connectivity index (χ1) is 12.8. The number of amides is 1. The number of halogens is 1. The molecule has 0 bridgehead atoms. The summed E-state index contributed by atoms with van der Waals surface area (Å²) in [7, 11) is 0. The van der Waals surface area contributed by atoms with Crippen molar-refractivity contribution in [1.29, 1.82) is 0 Å². The van der Waals surface area contributed by atoms with Gasteiger partial charge < -0.3 is 14.8 Å². The van der Waals surface area contributed by atoms with Crippen LogP contribution >= 0.6 is 0 Å². The van der Waals surface area contributed by atoms with E-state index in [4.69, 9.17) is 9.47 Å². The van der Waals surface area contributed by atoms with E-state index in [1.807, 2.05) is 13.8 Å². The Balaban J connectivity index is 1.96. The molecule has 0 fully saturated rings. The number of hydrogen-bond acceptors (Lipinski definition) is 5. The smallest absolute Gasteiger partial charge is 0.338 e. The van der Waals surface area contributed by atoms with Crippen molar-refractivity contribution in [3.8, 4) is 5.75 Å². The number of carbonyl (C=O) groups is 3. The molecular weight excluding hydrogens is 353 g/mol. The van der Waals surface area contributed by atoms with Crippen LogP contribution in [-0.2, 0) is 9.53 Å². The zero-order chi connectivity index (χ0) is 20.0. The Morgan fingerprint density at radius 1 is 1.07 bits per heavy atom. The van der Waals surface area contributed by atoms with Gasteiger partial charge in [-0.3, -0.25) is 9.59 Å². The van der Waals surface area contributed by atoms with E-state index < -0.39 is 24.2 Å². The fraction of sp³-hybridized carbons (Fsp3) is 0.250. The van der Waals surface area contributed by atoms with Crippen molar-refractivity contribution in [3.63, 3.8) is 0 Å². The Labute approximate surface area is 156 Å². The molecule has 27 heavy (non-hydrogen) atoms. The second kappa shape index (κ2) is 8.93. The molecule has 0 aliphatic carbocycles. The minimum Gasteiger partial charge on any atom is -0.491 e. The average molecular weight is 373 g/mol. The van der Waals surface area contributed by atoms with Gasteiger partial charge in [0.25, 0.3) is 0 Å². The first kappa shape index (κ1) is 20.1. The number of anilines is 1. The van der Waals surface area contributed by atoms with E-state index in [2.05, 4.69) is 5.32 Å². The number of nitrogens with one attached hydrogen (secondary N) is 1. The van der Waals surface area contributed by atoms with E-state index in [1.54, 1.807) is 12.1 Å². The van der Waals surface area contributed by atoms with Crippen molar-refractivity contribution in [1.82, 2.24) is 0 Å². The molecule has 0 aliphatic heterocycles. The number of benzene rings is 2. The highest BCUT2D eigenvalue weighted by molar-refractivity contribution is 6.00. The van der Waals surface area contributed by atoms with Gasteiger partial charge in [0.1, 0.15) is 11.6 Å². The van der Waals surface area contributed by atoms with Crippen LogP contribution in [0.4, 0.5) is 10.1 Å². The molecule has 0 aromatic heterocycles. The third kappa shape index (κ3) is 5.91. The van der Waals surface area contributed by atoms with Gasteiger partial charge in [-0.1, -0.05) is 0 Å². The van der Waals surface area contributed by atoms with Gasteiger partial charge in [0.05, 0.1) is 17.2 Å². The third-order valence-electron chi connectivity index (χ3n) is 3.39. The summed E-state index contributed by atoms with van der Waals surface area (Å²) >= 11 is 0. The standard InChI is InChI=1S/C20H20FNO5/c1-12(2)27-16-7-4-14(5-8-16)20(25)26-11-19(24)17-9-6-15(10-18(17)21)22-13(3)23/h4-10,12H,11H2,1-3H3,(H,22,23). The summed E-state index contributed by atoms with van der Waals surface area (Å²) < 4.78 is 24.4. The van der Waals surface area contributed by atoms with Gasteiger partial charge in [-0.25, -0.2) is 9.18 Å². The number of Topliss-reactive ketones (excluding diaryl/α,β-unsaturated/α-hetero) is 1. The van der Waals surface area contributed by atoms with Crippen molar-refractivity contribution in [2.75, 3.05) is 11.9 Å². The van der Waals surface area contributed by atoms with Crippen molar-refractivity contribution >= 4 is 23.3 Å². The van der Waals surface area contributed by atoms with Crippen molar-refractivity contribution in [3.05, 3.63) is 59.4 Å². The van der Waals surface area contributed by atoms with E-state index in [1.165, 1.54) is 31.2 Å². The molecule has 142 valence electrons. The lowest BCUT2D eigenvalue weighted by Gasteiger charge is -2.10. The summed E-state index contributed by atoms with van der Waals surface area (Å²) in [5, 5.41) is 2.41. The maximum Gasteiger partial charge on any atom is 0.338 e. The number of esters is 1. The van der Waals surface area contributed by atoms with Gasteiger partial charge in [0.2, 0.25) is 11.7 Å². The van der Waals surface area contributed by atoms with Gasteiger partial charge in [0.15, 0.2) is 6.61 Å². The second-order valence-corrected chi connectivity index (χ2v) is 6.07. The van der Waals surface area contributed by atoms with Crippen LogP contribution in [0.5, 0.6) is 5.75 Å². The largest absolute Gasteiger partial charge is 0.491 e. The first-order valence-electron chi connectivity index (χ1n) is 8.30. The number of carbonyl (C=O) groups excluding carboxylic acids is 3. The Morgan fingerprint density at radius 3 is 2.30 bits per heavy atom. The van der Waals surface area contributed by atoms with E-state index in [0.29, 0.717) is 5.75 Å². The summed E-state index contributed by atoms with van der Waals surface area (Å²) in [4.78, 5) is 35.1. The molecule has 0 unspecified atom stereocenters. The Hall–Kier alpha value is -3.22. The molecule has 6 nitrogen and oxygen atoms in total. The van der Waals surface area contributed by atoms with Crippen LogP contribution in [-0.4, -0.2) is 30.4 Å². The van der Waals surface area contributed by atoms with Gasteiger partial charge in [-0.2, -0.15) is 0 Å². The highest BCUT2D eigenvalue weighted by Crippen LogP contribution is 2.17. The van der Waals surface area contributed by atoms with Crippen molar-refractivity contribution in [2.45, 2.75) is 26.9 Å². The Morgan fingerprint density at radius 2 is 1.74 bits per heavy atom. The summed E-state index contributed by atoms with van der Waals surface area (Å²) in [6.45, 7) is 4.46. The number of ether oxygens (including phenoxy) is 2. The molecule has 2 aromatic rings. The molecule has 0 saturated heterocycles. The van der Waals surface area contributed by atoms with Crippen LogP contribution < -0.4 is 10.1 Å². The van der Waals surface area contributed by atoms with Gasteiger partial charge in [-0.15, -0.1) is 0 Å². The highest BCUT2D eigenvalue weighted by atomic mass is 19.1. The summed E-state index contributed by atoms with van der Waals surface area (Å²) in [6.07, 6.45) is 0.00681. The van der Waals surface area contributed by atoms with Crippen molar-refractivity contribution < 1.29 is 28.2 Å². The molecule has 0 radical (unpaired) electrons.